The highest BCUT2D eigenvalue weighted by molar-refractivity contribution is 6.13. The van der Waals surface area contributed by atoms with Gasteiger partial charge in [0.05, 0.1) is 40.5 Å². The molecule has 0 aromatic carbocycles. The molecule has 4 N–H and O–H groups in total. The predicted molar refractivity (Wildman–Crippen MR) is 145 cm³/mol. The Balaban J connectivity index is 1.19. The molecule has 14 heteroatoms. The maximum atomic E-state index is 13.2. The van der Waals surface area contributed by atoms with Crippen LogP contribution in [0.3, 0.4) is 0 Å². The van der Waals surface area contributed by atoms with Gasteiger partial charge in [0.15, 0.2) is 11.5 Å². The number of aromatic nitrogens is 7. The number of anilines is 5. The van der Waals surface area contributed by atoms with E-state index in [4.69, 9.17) is 0 Å². The van der Waals surface area contributed by atoms with Crippen molar-refractivity contribution in [1.82, 2.24) is 44.7 Å². The Bertz CT molecular complexity index is 1560. The number of rotatable bonds is 7. The van der Waals surface area contributed by atoms with Crippen LogP contribution in [0, 0.1) is 12.3 Å². The van der Waals surface area contributed by atoms with Gasteiger partial charge in [-0.05, 0) is 25.8 Å². The van der Waals surface area contributed by atoms with E-state index in [1.54, 1.807) is 46.0 Å². The van der Waals surface area contributed by atoms with E-state index in [1.807, 2.05) is 20.2 Å². The van der Waals surface area contributed by atoms with Gasteiger partial charge in [0.2, 0.25) is 17.8 Å². The molecule has 0 radical (unpaired) electrons. The van der Waals surface area contributed by atoms with Crippen molar-refractivity contribution in [3.8, 4) is 0 Å². The number of nitrogens with zero attached hydrogens (tertiary/aromatic N) is 8. The largest absolute Gasteiger partial charge is 0.339 e. The normalized spacial score (nSPS) is 16.2. The first-order valence-electron chi connectivity index (χ1n) is 12.8. The van der Waals surface area contributed by atoms with Crippen LogP contribution in [-0.2, 0) is 23.7 Å². The standard InChI is InChI=1S/C25H30N12O2/c1-15-19(10-16(11-27-15)30-22(38)25(4-5-25)23(39)37-8-6-26-7-9-37)32-20-18-13-28-24(33-21(18)36(3)34-20)31-17-12-29-35(2)14-17/h10-14,26H,4-9H2,1-3H3,(H,30,38)(H,32,34)(H,28,31,33). The molecule has 1 aliphatic heterocycles. The van der Waals surface area contributed by atoms with Crippen LogP contribution in [-0.4, -0.2) is 77.4 Å². The highest BCUT2D eigenvalue weighted by atomic mass is 16.2. The van der Waals surface area contributed by atoms with Crippen molar-refractivity contribution in [2.45, 2.75) is 19.8 Å². The lowest BCUT2D eigenvalue weighted by molar-refractivity contribution is -0.142. The van der Waals surface area contributed by atoms with E-state index < -0.39 is 5.41 Å². The second-order valence-corrected chi connectivity index (χ2v) is 9.99. The topological polar surface area (TPSA) is 160 Å². The minimum Gasteiger partial charge on any atom is -0.339 e. The molecule has 4 aromatic rings. The third-order valence-corrected chi connectivity index (χ3v) is 7.14. The first-order chi connectivity index (χ1) is 18.8. The zero-order chi connectivity index (χ0) is 27.1. The summed E-state index contributed by atoms with van der Waals surface area (Å²) in [5.74, 6) is 0.614. The molecular weight excluding hydrogens is 500 g/mol. The van der Waals surface area contributed by atoms with Gasteiger partial charge in [0, 0.05) is 52.7 Å². The summed E-state index contributed by atoms with van der Waals surface area (Å²) in [6.07, 6.45) is 7.94. The summed E-state index contributed by atoms with van der Waals surface area (Å²) < 4.78 is 3.36. The highest BCUT2D eigenvalue weighted by Gasteiger charge is 2.58. The second-order valence-electron chi connectivity index (χ2n) is 9.99. The third-order valence-electron chi connectivity index (χ3n) is 7.14. The molecular formula is C25H30N12O2. The number of aryl methyl sites for hydroxylation is 3. The Morgan fingerprint density at radius 1 is 1.03 bits per heavy atom. The molecule has 0 spiro atoms. The highest BCUT2D eigenvalue weighted by Crippen LogP contribution is 2.48. The van der Waals surface area contributed by atoms with Crippen LogP contribution < -0.4 is 21.3 Å². The summed E-state index contributed by atoms with van der Waals surface area (Å²) in [6, 6.07) is 1.80. The van der Waals surface area contributed by atoms with Gasteiger partial charge in [-0.25, -0.2) is 9.67 Å². The van der Waals surface area contributed by atoms with Crippen molar-refractivity contribution in [1.29, 1.82) is 0 Å². The zero-order valence-electron chi connectivity index (χ0n) is 22.0. The third kappa shape index (κ3) is 4.74. The lowest BCUT2D eigenvalue weighted by Crippen LogP contribution is -2.51. The predicted octanol–water partition coefficient (Wildman–Crippen LogP) is 1.44. The van der Waals surface area contributed by atoms with Crippen LogP contribution in [0.25, 0.3) is 11.0 Å². The van der Waals surface area contributed by atoms with Crippen LogP contribution in [0.1, 0.15) is 18.5 Å². The number of piperazine rings is 1. The fourth-order valence-electron chi connectivity index (χ4n) is 4.75. The minimum absolute atomic E-state index is 0.0859. The summed E-state index contributed by atoms with van der Waals surface area (Å²) in [6.45, 7) is 4.60. The molecule has 4 aromatic heterocycles. The number of nitrogens with one attached hydrogen (secondary N) is 4. The zero-order valence-corrected chi connectivity index (χ0v) is 22.0. The maximum Gasteiger partial charge on any atom is 0.240 e. The van der Waals surface area contributed by atoms with E-state index >= 15 is 0 Å². The lowest BCUT2D eigenvalue weighted by Gasteiger charge is -2.30. The first kappa shape index (κ1) is 24.7. The van der Waals surface area contributed by atoms with E-state index in [0.717, 1.165) is 29.9 Å². The van der Waals surface area contributed by atoms with Crippen LogP contribution >= 0.6 is 0 Å². The molecule has 0 unspecified atom stereocenters. The van der Waals surface area contributed by atoms with E-state index in [2.05, 4.69) is 46.4 Å². The van der Waals surface area contributed by atoms with Gasteiger partial charge in [0.1, 0.15) is 5.41 Å². The molecule has 0 bridgehead atoms. The Morgan fingerprint density at radius 3 is 2.54 bits per heavy atom. The number of carbonyl (C=O) groups excluding carboxylic acids is 2. The molecule has 0 atom stereocenters. The van der Waals surface area contributed by atoms with E-state index in [-0.39, 0.29) is 11.8 Å². The van der Waals surface area contributed by atoms with Crippen LogP contribution in [0.15, 0.2) is 30.9 Å². The number of hydrogen-bond acceptors (Lipinski definition) is 10. The SMILES string of the molecule is Cc1ncc(NC(=O)C2(C(=O)N3CCNCC3)CC2)cc1Nc1nn(C)c2nc(Nc3cnn(C)c3)ncc12. The fraction of sp³-hybridized carbons (Fsp3) is 0.400. The summed E-state index contributed by atoms with van der Waals surface area (Å²) in [7, 11) is 3.64. The van der Waals surface area contributed by atoms with Gasteiger partial charge in [-0.1, -0.05) is 0 Å². The Labute approximate surface area is 224 Å². The monoisotopic (exact) mass is 530 g/mol. The van der Waals surface area contributed by atoms with Crippen molar-refractivity contribution in [2.24, 2.45) is 19.5 Å². The minimum atomic E-state index is -0.980. The second kappa shape index (κ2) is 9.62. The summed E-state index contributed by atoms with van der Waals surface area (Å²) >= 11 is 0. The lowest BCUT2D eigenvalue weighted by atomic mass is 10.0. The molecule has 14 nitrogen and oxygen atoms in total. The van der Waals surface area contributed by atoms with Crippen molar-refractivity contribution in [3.05, 3.63) is 36.5 Å². The summed E-state index contributed by atoms with van der Waals surface area (Å²) in [4.78, 5) is 41.6. The Hall–Kier alpha value is -4.59. The van der Waals surface area contributed by atoms with Crippen LogP contribution in [0.5, 0.6) is 0 Å². The van der Waals surface area contributed by atoms with Gasteiger partial charge in [-0.3, -0.25) is 19.3 Å². The molecule has 202 valence electrons. The van der Waals surface area contributed by atoms with Crippen molar-refractivity contribution >= 4 is 51.7 Å². The van der Waals surface area contributed by atoms with E-state index in [9.17, 15) is 9.59 Å². The van der Waals surface area contributed by atoms with E-state index in [0.29, 0.717) is 54.7 Å². The van der Waals surface area contributed by atoms with E-state index in [1.165, 1.54) is 0 Å². The van der Waals surface area contributed by atoms with Gasteiger partial charge in [-0.2, -0.15) is 15.2 Å². The number of carbonyl (C=O) groups is 2. The van der Waals surface area contributed by atoms with Crippen LogP contribution in [0.4, 0.5) is 28.8 Å². The molecule has 1 saturated heterocycles. The number of pyridine rings is 1. The average molecular weight is 531 g/mol. The molecule has 2 aliphatic rings. The summed E-state index contributed by atoms with van der Waals surface area (Å²) in [5.41, 5.74) is 2.33. The van der Waals surface area contributed by atoms with Crippen molar-refractivity contribution in [2.75, 3.05) is 42.1 Å². The van der Waals surface area contributed by atoms with Crippen molar-refractivity contribution < 1.29 is 9.59 Å². The Kier molecular flexibility index (Phi) is 6.10. The molecule has 6 rings (SSSR count). The molecule has 2 fully saturated rings. The quantitative estimate of drug-likeness (QED) is 0.257. The molecule has 1 aliphatic carbocycles. The van der Waals surface area contributed by atoms with Crippen molar-refractivity contribution in [3.63, 3.8) is 0 Å². The summed E-state index contributed by atoms with van der Waals surface area (Å²) in [5, 5.41) is 22.1. The van der Waals surface area contributed by atoms with Gasteiger partial charge < -0.3 is 26.2 Å². The average Bonchev–Trinajstić information content (AvgIpc) is 3.57. The number of fused-ring (bicyclic) bond motifs is 1. The van der Waals surface area contributed by atoms with Crippen LogP contribution in [0.2, 0.25) is 0 Å². The molecule has 39 heavy (non-hydrogen) atoms. The van der Waals surface area contributed by atoms with Gasteiger partial charge in [-0.15, -0.1) is 0 Å². The first-order valence-corrected chi connectivity index (χ1v) is 12.8. The molecule has 1 saturated carbocycles. The molecule has 5 heterocycles. The fourth-order valence-corrected chi connectivity index (χ4v) is 4.75. The smallest absolute Gasteiger partial charge is 0.240 e. The maximum absolute atomic E-state index is 13.2. The number of hydrogen-bond donors (Lipinski definition) is 4. The number of amides is 2. The molecule has 2 amide bonds. The van der Waals surface area contributed by atoms with Gasteiger partial charge in [0.25, 0.3) is 0 Å². The van der Waals surface area contributed by atoms with Gasteiger partial charge >= 0.3 is 0 Å². The Morgan fingerprint density at radius 2 is 1.82 bits per heavy atom.